The first-order valence-electron chi connectivity index (χ1n) is 10.0. The van der Waals surface area contributed by atoms with Gasteiger partial charge >= 0.3 is 51.4 Å². The van der Waals surface area contributed by atoms with Crippen LogP contribution in [0.4, 0.5) is 0 Å². The van der Waals surface area contributed by atoms with Gasteiger partial charge in [0.15, 0.2) is 0 Å². The van der Waals surface area contributed by atoms with Crippen molar-refractivity contribution in [3.63, 3.8) is 0 Å². The topological polar surface area (TPSA) is 77.4 Å². The van der Waals surface area contributed by atoms with Crippen LogP contribution in [0.25, 0.3) is 0 Å². The molecule has 0 aliphatic heterocycles. The first kappa shape index (κ1) is 28.7. The Morgan fingerprint density at radius 2 is 1.20 bits per heavy atom. The van der Waals surface area contributed by atoms with E-state index >= 15 is 0 Å². The van der Waals surface area contributed by atoms with Crippen LogP contribution in [0.5, 0.6) is 0 Å². The van der Waals surface area contributed by atoms with Crippen LogP contribution in [0.15, 0.2) is 0 Å². The molecule has 0 saturated heterocycles. The molecule has 0 aromatic rings. The van der Waals surface area contributed by atoms with Gasteiger partial charge in [-0.25, -0.2) is 8.42 Å². The molecule has 2 unspecified atom stereocenters. The molecular weight excluding hydrogens is 363 g/mol. The van der Waals surface area contributed by atoms with Crippen LogP contribution >= 0.6 is 0 Å². The predicted molar refractivity (Wildman–Crippen MR) is 100 cm³/mol. The molecule has 0 fully saturated rings. The Bertz CT molecular complexity index is 374. The predicted octanol–water partition coefficient (Wildman–Crippen LogP) is 2.16. The van der Waals surface area contributed by atoms with Gasteiger partial charge in [0, 0.05) is 0 Å². The number of hydrogen-bond acceptors (Lipinski definition) is 4. The fourth-order valence-corrected chi connectivity index (χ4v) is 3.98. The molecule has 0 heterocycles. The average molecular weight is 403 g/mol. The quantitative estimate of drug-likeness (QED) is 0.230. The summed E-state index contributed by atoms with van der Waals surface area (Å²) in [6.45, 7) is 4.03. The molecule has 0 radical (unpaired) electrons. The monoisotopic (exact) mass is 402 g/mol. The zero-order valence-electron chi connectivity index (χ0n) is 16.8. The third-order valence-electron chi connectivity index (χ3n) is 4.79. The smallest absolute Gasteiger partial charge is 0.748 e. The van der Waals surface area contributed by atoms with Gasteiger partial charge in [-0.05, 0) is 19.3 Å². The van der Waals surface area contributed by atoms with Gasteiger partial charge in [-0.1, -0.05) is 90.9 Å². The Labute approximate surface area is 199 Å². The summed E-state index contributed by atoms with van der Waals surface area (Å²) in [6, 6.07) is 0. The number of rotatable bonds is 17. The van der Waals surface area contributed by atoms with Crippen molar-refractivity contribution in [3.8, 4) is 0 Å². The largest absolute Gasteiger partial charge is 1.00 e. The summed E-state index contributed by atoms with van der Waals surface area (Å²) in [5.41, 5.74) is 0. The summed E-state index contributed by atoms with van der Waals surface area (Å²) in [4.78, 5) is 0. The molecule has 4 nitrogen and oxygen atoms in total. The number of hydrogen-bond donors (Lipinski definition) is 1. The molecule has 146 valence electrons. The average Bonchev–Trinajstić information content (AvgIpc) is 2.53. The van der Waals surface area contributed by atoms with Gasteiger partial charge < -0.3 is 9.66 Å². The van der Waals surface area contributed by atoms with Gasteiger partial charge in [-0.2, -0.15) is 0 Å². The minimum Gasteiger partial charge on any atom is -0.748 e. The van der Waals surface area contributed by atoms with Crippen molar-refractivity contribution in [2.24, 2.45) is 0 Å². The van der Waals surface area contributed by atoms with Crippen molar-refractivity contribution in [1.82, 2.24) is 0 Å². The third kappa shape index (κ3) is 18.6. The summed E-state index contributed by atoms with van der Waals surface area (Å²) in [7, 11) is -4.29. The second-order valence-electron chi connectivity index (χ2n) is 7.09. The molecule has 25 heavy (non-hydrogen) atoms. The molecule has 0 aliphatic rings. The fraction of sp³-hybridized carbons (Fsp3) is 1.00. The van der Waals surface area contributed by atoms with E-state index in [1.807, 2.05) is 0 Å². The molecule has 0 spiro atoms. The van der Waals surface area contributed by atoms with Crippen molar-refractivity contribution in [1.29, 1.82) is 0 Å². The third-order valence-corrected chi connectivity index (χ3v) is 6.04. The van der Waals surface area contributed by atoms with Crippen molar-refractivity contribution < 1.29 is 69.5 Å². The molecule has 6 heteroatoms. The summed E-state index contributed by atoms with van der Waals surface area (Å²) in [6.07, 6.45) is 14.9. The Kier molecular flexibility index (Phi) is 21.7. The molecule has 0 aromatic heterocycles. The zero-order valence-corrected chi connectivity index (χ0v) is 20.8. The van der Waals surface area contributed by atoms with Gasteiger partial charge in [-0.15, -0.1) is 0 Å². The molecule has 0 bridgehead atoms. The maximum atomic E-state index is 11.2. The van der Waals surface area contributed by atoms with E-state index in [2.05, 4.69) is 6.92 Å². The van der Waals surface area contributed by atoms with E-state index in [0.717, 1.165) is 19.3 Å². The maximum Gasteiger partial charge on any atom is 1.00 e. The molecule has 0 saturated carbocycles. The van der Waals surface area contributed by atoms with Gasteiger partial charge in [0.1, 0.15) is 0 Å². The Morgan fingerprint density at radius 3 is 1.56 bits per heavy atom. The van der Waals surface area contributed by atoms with Gasteiger partial charge in [0.25, 0.3) is 0 Å². The van der Waals surface area contributed by atoms with Crippen molar-refractivity contribution >= 4 is 10.1 Å². The summed E-state index contributed by atoms with van der Waals surface area (Å²) >= 11 is 0. The molecular formula is C19H39KO4S. The number of unbranched alkanes of at least 4 members (excludes halogenated alkanes) is 11. The van der Waals surface area contributed by atoms with E-state index in [-0.39, 0.29) is 57.8 Å². The zero-order chi connectivity index (χ0) is 18.3. The minimum atomic E-state index is -4.29. The van der Waals surface area contributed by atoms with Crippen LogP contribution in [-0.2, 0) is 10.1 Å². The summed E-state index contributed by atoms with van der Waals surface area (Å²) in [5, 5.41) is 8.66. The van der Waals surface area contributed by atoms with Gasteiger partial charge in [0.2, 0.25) is 0 Å². The second kappa shape index (κ2) is 18.9. The number of aliphatic hydroxyl groups excluding tert-OH is 1. The molecule has 0 rings (SSSR count). The summed E-state index contributed by atoms with van der Waals surface area (Å²) in [5.74, 6) is 0. The van der Waals surface area contributed by atoms with Crippen molar-refractivity contribution in [3.05, 3.63) is 0 Å². The Balaban J connectivity index is 0. The molecule has 2 atom stereocenters. The van der Waals surface area contributed by atoms with E-state index in [4.69, 9.17) is 0 Å². The van der Waals surface area contributed by atoms with Crippen LogP contribution in [0.1, 0.15) is 110 Å². The Morgan fingerprint density at radius 1 is 0.800 bits per heavy atom. The maximum absolute atomic E-state index is 11.2. The molecule has 0 aliphatic carbocycles. The van der Waals surface area contributed by atoms with Crippen molar-refractivity contribution in [2.75, 3.05) is 0 Å². The van der Waals surface area contributed by atoms with E-state index in [1.165, 1.54) is 57.8 Å². The van der Waals surface area contributed by atoms with Crippen LogP contribution < -0.4 is 51.4 Å². The second-order valence-corrected chi connectivity index (χ2v) is 8.74. The van der Waals surface area contributed by atoms with E-state index in [9.17, 15) is 18.1 Å². The first-order valence-corrected chi connectivity index (χ1v) is 11.5. The number of aliphatic hydroxyl groups is 1. The molecule has 0 aromatic carbocycles. The Hall–Kier alpha value is 1.51. The van der Waals surface area contributed by atoms with Crippen molar-refractivity contribution in [2.45, 2.75) is 122 Å². The van der Waals surface area contributed by atoms with Crippen LogP contribution in [0, 0.1) is 0 Å². The van der Waals surface area contributed by atoms with E-state index in [0.29, 0.717) is 12.8 Å². The van der Waals surface area contributed by atoms with Crippen LogP contribution in [0.2, 0.25) is 0 Å². The van der Waals surface area contributed by atoms with Gasteiger partial charge in [-0.3, -0.25) is 0 Å². The minimum absolute atomic E-state index is 0. The van der Waals surface area contributed by atoms with Gasteiger partial charge in [0.05, 0.1) is 21.5 Å². The SMILES string of the molecule is CCCCCCCCCCCCCCC(CC(O)CC)S(=O)(=O)[O-].[K+]. The standard InChI is InChI=1S/C19H40O4S.K/c1-3-5-6-7-8-9-10-11-12-13-14-15-16-19(24(21,22)23)17-18(20)4-2;/h18-20H,3-17H2,1-2H3,(H,21,22,23);/q;+1/p-1. The normalized spacial score (nSPS) is 14.1. The van der Waals surface area contributed by atoms with Crippen LogP contribution in [0.3, 0.4) is 0 Å². The van der Waals surface area contributed by atoms with E-state index in [1.54, 1.807) is 6.92 Å². The van der Waals surface area contributed by atoms with E-state index < -0.39 is 21.5 Å². The van der Waals surface area contributed by atoms with Crippen LogP contribution in [-0.4, -0.2) is 29.4 Å². The first-order chi connectivity index (χ1) is 11.4. The fourth-order valence-electron chi connectivity index (χ4n) is 3.06. The molecule has 1 N–H and O–H groups in total. The molecule has 0 amide bonds. The summed E-state index contributed by atoms with van der Waals surface area (Å²) < 4.78 is 33.7.